The van der Waals surface area contributed by atoms with Gasteiger partial charge in [-0.3, -0.25) is 14.9 Å². The SMILES string of the molecule is Cc1ccc(OCC(=O)N/N=C/c2ccc([N+](=O)[O-])cc2)cc1. The highest BCUT2D eigenvalue weighted by atomic mass is 16.6. The van der Waals surface area contributed by atoms with Crippen LogP contribution in [0.5, 0.6) is 5.75 Å². The molecule has 23 heavy (non-hydrogen) atoms. The van der Waals surface area contributed by atoms with Gasteiger partial charge in [-0.2, -0.15) is 5.10 Å². The summed E-state index contributed by atoms with van der Waals surface area (Å²) in [5, 5.41) is 14.3. The third-order valence-corrected chi connectivity index (χ3v) is 2.90. The zero-order chi connectivity index (χ0) is 16.7. The van der Waals surface area contributed by atoms with Crippen LogP contribution < -0.4 is 10.2 Å². The number of hydrazone groups is 1. The van der Waals surface area contributed by atoms with Gasteiger partial charge in [-0.1, -0.05) is 17.7 Å². The minimum Gasteiger partial charge on any atom is -0.484 e. The maximum Gasteiger partial charge on any atom is 0.277 e. The Morgan fingerprint density at radius 3 is 2.48 bits per heavy atom. The summed E-state index contributed by atoms with van der Waals surface area (Å²) in [6.45, 7) is 1.81. The Morgan fingerprint density at radius 1 is 1.22 bits per heavy atom. The van der Waals surface area contributed by atoms with Crippen molar-refractivity contribution in [2.45, 2.75) is 6.92 Å². The molecule has 7 nitrogen and oxygen atoms in total. The van der Waals surface area contributed by atoms with Gasteiger partial charge in [0.15, 0.2) is 6.61 Å². The monoisotopic (exact) mass is 313 g/mol. The summed E-state index contributed by atoms with van der Waals surface area (Å²) >= 11 is 0. The van der Waals surface area contributed by atoms with Gasteiger partial charge in [0, 0.05) is 12.1 Å². The highest BCUT2D eigenvalue weighted by Crippen LogP contribution is 2.11. The summed E-state index contributed by atoms with van der Waals surface area (Å²) < 4.78 is 5.31. The fourth-order valence-electron chi connectivity index (χ4n) is 1.68. The largest absolute Gasteiger partial charge is 0.484 e. The molecule has 0 aliphatic rings. The van der Waals surface area contributed by atoms with Gasteiger partial charge in [-0.05, 0) is 36.8 Å². The van der Waals surface area contributed by atoms with E-state index in [1.54, 1.807) is 12.1 Å². The zero-order valence-corrected chi connectivity index (χ0v) is 12.4. The number of carbonyl (C=O) groups excluding carboxylic acids is 1. The predicted octanol–water partition coefficient (Wildman–Crippen LogP) is 2.43. The Balaban J connectivity index is 1.79. The highest BCUT2D eigenvalue weighted by Gasteiger charge is 2.03. The standard InChI is InChI=1S/C16H15N3O4/c1-12-2-8-15(9-3-12)23-11-16(20)18-17-10-13-4-6-14(7-5-13)19(21)22/h2-10H,11H2,1H3,(H,18,20)/b17-10+. The van der Waals surface area contributed by atoms with E-state index < -0.39 is 10.8 Å². The Morgan fingerprint density at radius 2 is 1.87 bits per heavy atom. The fraction of sp³-hybridized carbons (Fsp3) is 0.125. The first kappa shape index (κ1) is 16.2. The van der Waals surface area contributed by atoms with E-state index in [1.165, 1.54) is 30.5 Å². The van der Waals surface area contributed by atoms with Crippen molar-refractivity contribution in [1.29, 1.82) is 0 Å². The molecule has 0 unspecified atom stereocenters. The van der Waals surface area contributed by atoms with E-state index in [-0.39, 0.29) is 12.3 Å². The number of hydrogen-bond acceptors (Lipinski definition) is 5. The number of hydrogen-bond donors (Lipinski definition) is 1. The number of non-ortho nitro benzene ring substituents is 1. The van der Waals surface area contributed by atoms with Crippen LogP contribution in [0.3, 0.4) is 0 Å². The molecule has 0 spiro atoms. The van der Waals surface area contributed by atoms with Gasteiger partial charge >= 0.3 is 0 Å². The van der Waals surface area contributed by atoms with Crippen LogP contribution in [0.15, 0.2) is 53.6 Å². The third kappa shape index (κ3) is 5.24. The minimum absolute atomic E-state index is 0.00214. The number of rotatable bonds is 6. The number of ether oxygens (including phenoxy) is 1. The number of nitro benzene ring substituents is 1. The fourth-order valence-corrected chi connectivity index (χ4v) is 1.68. The minimum atomic E-state index is -0.481. The lowest BCUT2D eigenvalue weighted by atomic mass is 10.2. The van der Waals surface area contributed by atoms with Gasteiger partial charge in [0.25, 0.3) is 11.6 Å². The average molecular weight is 313 g/mol. The lowest BCUT2D eigenvalue weighted by molar-refractivity contribution is -0.384. The number of aryl methyl sites for hydroxylation is 1. The van der Waals surface area contributed by atoms with Crippen molar-refractivity contribution in [1.82, 2.24) is 5.43 Å². The topological polar surface area (TPSA) is 93.8 Å². The summed E-state index contributed by atoms with van der Waals surface area (Å²) in [4.78, 5) is 21.6. The zero-order valence-electron chi connectivity index (χ0n) is 12.4. The van der Waals surface area contributed by atoms with E-state index >= 15 is 0 Å². The van der Waals surface area contributed by atoms with Gasteiger partial charge < -0.3 is 4.74 Å². The molecule has 2 rings (SSSR count). The first-order chi connectivity index (χ1) is 11.0. The first-order valence-electron chi connectivity index (χ1n) is 6.80. The molecular weight excluding hydrogens is 298 g/mol. The summed E-state index contributed by atoms with van der Waals surface area (Å²) in [6, 6.07) is 13.1. The molecule has 0 atom stereocenters. The summed E-state index contributed by atoms with van der Waals surface area (Å²) in [6.07, 6.45) is 1.40. The van der Waals surface area contributed by atoms with E-state index in [9.17, 15) is 14.9 Å². The molecule has 118 valence electrons. The van der Waals surface area contributed by atoms with Crippen molar-refractivity contribution in [3.05, 3.63) is 69.8 Å². The highest BCUT2D eigenvalue weighted by molar-refractivity contribution is 5.83. The molecule has 0 saturated heterocycles. The van der Waals surface area contributed by atoms with E-state index in [2.05, 4.69) is 10.5 Å². The Labute approximate surface area is 132 Å². The molecule has 0 saturated carbocycles. The van der Waals surface area contributed by atoms with Crippen molar-refractivity contribution in [3.63, 3.8) is 0 Å². The molecule has 0 aliphatic heterocycles. The Hall–Kier alpha value is -3.22. The Bertz CT molecular complexity index is 709. The van der Waals surface area contributed by atoms with E-state index in [1.807, 2.05) is 19.1 Å². The van der Waals surface area contributed by atoms with Gasteiger partial charge in [0.05, 0.1) is 11.1 Å². The molecule has 0 fully saturated rings. The van der Waals surface area contributed by atoms with Crippen LogP contribution in [0.4, 0.5) is 5.69 Å². The molecule has 7 heteroatoms. The smallest absolute Gasteiger partial charge is 0.277 e. The molecule has 0 bridgehead atoms. The summed E-state index contributed by atoms with van der Waals surface area (Å²) in [7, 11) is 0. The second-order valence-electron chi connectivity index (χ2n) is 4.74. The molecule has 0 aromatic heterocycles. The van der Waals surface area contributed by atoms with Crippen LogP contribution in [0, 0.1) is 17.0 Å². The maximum absolute atomic E-state index is 11.6. The average Bonchev–Trinajstić information content (AvgIpc) is 2.55. The quantitative estimate of drug-likeness (QED) is 0.503. The van der Waals surface area contributed by atoms with Crippen molar-refractivity contribution >= 4 is 17.8 Å². The van der Waals surface area contributed by atoms with Crippen molar-refractivity contribution in [2.75, 3.05) is 6.61 Å². The van der Waals surface area contributed by atoms with Gasteiger partial charge in [-0.15, -0.1) is 0 Å². The van der Waals surface area contributed by atoms with Crippen molar-refractivity contribution < 1.29 is 14.5 Å². The maximum atomic E-state index is 11.6. The van der Waals surface area contributed by atoms with Gasteiger partial charge in [-0.25, -0.2) is 5.43 Å². The molecule has 2 aromatic carbocycles. The normalized spacial score (nSPS) is 10.5. The van der Waals surface area contributed by atoms with Crippen molar-refractivity contribution in [3.8, 4) is 5.75 Å². The number of nitrogens with one attached hydrogen (secondary N) is 1. The van der Waals surface area contributed by atoms with Crippen LogP contribution in [0.25, 0.3) is 0 Å². The number of carbonyl (C=O) groups is 1. The van der Waals surface area contributed by atoms with E-state index in [4.69, 9.17) is 4.74 Å². The van der Waals surface area contributed by atoms with Gasteiger partial charge in [0.2, 0.25) is 0 Å². The number of benzene rings is 2. The molecular formula is C16H15N3O4. The van der Waals surface area contributed by atoms with E-state index in [0.29, 0.717) is 11.3 Å². The predicted molar refractivity (Wildman–Crippen MR) is 85.5 cm³/mol. The Kier molecular flexibility index (Phi) is 5.40. The lowest BCUT2D eigenvalue weighted by Crippen LogP contribution is -2.24. The lowest BCUT2D eigenvalue weighted by Gasteiger charge is -2.04. The van der Waals surface area contributed by atoms with Crippen molar-refractivity contribution in [2.24, 2.45) is 5.10 Å². The summed E-state index contributed by atoms with van der Waals surface area (Å²) in [5.41, 5.74) is 4.06. The molecule has 0 aliphatic carbocycles. The second-order valence-corrected chi connectivity index (χ2v) is 4.74. The van der Waals surface area contributed by atoms with Crippen LogP contribution in [-0.4, -0.2) is 23.7 Å². The third-order valence-electron chi connectivity index (χ3n) is 2.90. The van der Waals surface area contributed by atoms with E-state index in [0.717, 1.165) is 5.56 Å². The molecule has 0 radical (unpaired) electrons. The molecule has 1 N–H and O–H groups in total. The van der Waals surface area contributed by atoms with Crippen LogP contribution >= 0.6 is 0 Å². The molecule has 0 heterocycles. The van der Waals surface area contributed by atoms with Crippen LogP contribution in [-0.2, 0) is 4.79 Å². The number of nitrogens with zero attached hydrogens (tertiary/aromatic N) is 2. The summed E-state index contributed by atoms with van der Waals surface area (Å²) in [5.74, 6) is 0.203. The van der Waals surface area contributed by atoms with Crippen LogP contribution in [0.2, 0.25) is 0 Å². The number of amides is 1. The molecule has 1 amide bonds. The van der Waals surface area contributed by atoms with Gasteiger partial charge in [0.1, 0.15) is 5.75 Å². The van der Waals surface area contributed by atoms with Crippen LogP contribution in [0.1, 0.15) is 11.1 Å². The first-order valence-corrected chi connectivity index (χ1v) is 6.80. The number of nitro groups is 1. The second kappa shape index (κ2) is 7.69. The molecule has 2 aromatic rings.